The molecule has 1 N–H and O–H groups in total. The fourth-order valence-electron chi connectivity index (χ4n) is 1.66. The van der Waals surface area contributed by atoms with E-state index in [0.717, 1.165) is 14.4 Å². The van der Waals surface area contributed by atoms with E-state index in [4.69, 9.17) is 4.74 Å². The van der Waals surface area contributed by atoms with Gasteiger partial charge in [0.15, 0.2) is 0 Å². The van der Waals surface area contributed by atoms with Gasteiger partial charge in [-0.15, -0.1) is 11.3 Å². The van der Waals surface area contributed by atoms with Crippen LogP contribution in [-0.4, -0.2) is 18.1 Å². The summed E-state index contributed by atoms with van der Waals surface area (Å²) in [5, 5.41) is 4.08. The van der Waals surface area contributed by atoms with Gasteiger partial charge >= 0.3 is 5.97 Å². The zero-order valence-electron chi connectivity index (χ0n) is 10.3. The van der Waals surface area contributed by atoms with Gasteiger partial charge in [0.2, 0.25) is 0 Å². The lowest BCUT2D eigenvalue weighted by atomic mass is 10.1. The Morgan fingerprint density at radius 1 is 1.47 bits per heavy atom. The van der Waals surface area contributed by atoms with Gasteiger partial charge in [-0.2, -0.15) is 0 Å². The molecular formula is C13H13BrN2O2S. The number of carbonyl (C=O) groups is 1. The molecule has 0 aliphatic carbocycles. The van der Waals surface area contributed by atoms with Crippen LogP contribution in [0.5, 0.6) is 0 Å². The van der Waals surface area contributed by atoms with Gasteiger partial charge in [-0.05, 0) is 21.5 Å². The quantitative estimate of drug-likeness (QED) is 0.850. The summed E-state index contributed by atoms with van der Waals surface area (Å²) in [7, 11) is 1.39. The van der Waals surface area contributed by atoms with E-state index in [-0.39, 0.29) is 5.97 Å². The lowest BCUT2D eigenvalue weighted by Gasteiger charge is -2.15. The number of hydrogen-bond acceptors (Lipinski definition) is 5. The Morgan fingerprint density at radius 2 is 2.21 bits per heavy atom. The van der Waals surface area contributed by atoms with Crippen molar-refractivity contribution in [3.05, 3.63) is 50.9 Å². The molecule has 0 radical (unpaired) electrons. The van der Waals surface area contributed by atoms with Crippen molar-refractivity contribution in [2.45, 2.75) is 12.6 Å². The van der Waals surface area contributed by atoms with Crippen LogP contribution in [0.15, 0.2) is 40.3 Å². The molecule has 4 nitrogen and oxygen atoms in total. The molecule has 1 aromatic heterocycles. The first-order chi connectivity index (χ1) is 9.20. The summed E-state index contributed by atoms with van der Waals surface area (Å²) in [6, 6.07) is 9.02. The van der Waals surface area contributed by atoms with Gasteiger partial charge in [0.1, 0.15) is 11.0 Å². The van der Waals surface area contributed by atoms with Crippen LogP contribution < -0.4 is 5.32 Å². The molecule has 0 aliphatic rings. The van der Waals surface area contributed by atoms with Crippen LogP contribution in [0.25, 0.3) is 0 Å². The Labute approximate surface area is 124 Å². The first-order valence-electron chi connectivity index (χ1n) is 5.67. The number of nitrogens with zero attached hydrogens (tertiary/aromatic N) is 1. The fourth-order valence-corrected chi connectivity index (χ4v) is 2.91. The number of nitrogens with one attached hydrogen (secondary N) is 1. The number of methoxy groups -OCH3 is 1. The van der Waals surface area contributed by atoms with Crippen LogP contribution >= 0.6 is 27.3 Å². The van der Waals surface area contributed by atoms with Gasteiger partial charge in [0, 0.05) is 6.54 Å². The van der Waals surface area contributed by atoms with Gasteiger partial charge in [-0.25, -0.2) is 9.78 Å². The van der Waals surface area contributed by atoms with Crippen molar-refractivity contribution in [3.8, 4) is 0 Å². The molecule has 1 heterocycles. The Kier molecular flexibility index (Phi) is 5.07. The molecule has 1 aromatic carbocycles. The van der Waals surface area contributed by atoms with Gasteiger partial charge < -0.3 is 4.74 Å². The van der Waals surface area contributed by atoms with Gasteiger partial charge in [-0.1, -0.05) is 30.3 Å². The topological polar surface area (TPSA) is 51.2 Å². The molecule has 6 heteroatoms. The molecule has 2 rings (SSSR count). The monoisotopic (exact) mass is 340 g/mol. The predicted octanol–water partition coefficient (Wildman–Crippen LogP) is 2.91. The van der Waals surface area contributed by atoms with E-state index >= 15 is 0 Å². The van der Waals surface area contributed by atoms with Crippen molar-refractivity contribution in [1.29, 1.82) is 0 Å². The summed E-state index contributed by atoms with van der Waals surface area (Å²) in [6.45, 7) is 0.519. The van der Waals surface area contributed by atoms with Gasteiger partial charge in [0.25, 0.3) is 0 Å². The number of esters is 1. The Hall–Kier alpha value is -1.24. The van der Waals surface area contributed by atoms with Crippen molar-refractivity contribution < 1.29 is 9.53 Å². The lowest BCUT2D eigenvalue weighted by molar-refractivity contribution is -0.143. The van der Waals surface area contributed by atoms with E-state index in [1.54, 1.807) is 6.20 Å². The molecule has 1 atom stereocenters. The molecule has 0 fully saturated rings. The van der Waals surface area contributed by atoms with E-state index in [1.807, 2.05) is 30.3 Å². The van der Waals surface area contributed by atoms with Crippen LogP contribution in [0.3, 0.4) is 0 Å². The number of thiazole rings is 1. The van der Waals surface area contributed by atoms with Crippen molar-refractivity contribution >= 4 is 33.2 Å². The molecular weight excluding hydrogens is 328 g/mol. The zero-order chi connectivity index (χ0) is 13.7. The third-order valence-corrected chi connectivity index (χ3v) is 4.03. The van der Waals surface area contributed by atoms with Crippen molar-refractivity contribution in [2.75, 3.05) is 7.11 Å². The molecule has 0 aliphatic heterocycles. The number of ether oxygens (including phenoxy) is 1. The standard InChI is InChI=1S/C13H13BrN2O2S/c1-18-13(17)12(9-5-3-2-4-6-9)16-8-11-15-7-10(14)19-11/h2-7,12,16H,8H2,1H3/t12-/m1/s1. The molecule has 0 bridgehead atoms. The largest absolute Gasteiger partial charge is 0.468 e. The molecule has 0 amide bonds. The summed E-state index contributed by atoms with van der Waals surface area (Å²) < 4.78 is 5.80. The molecule has 0 spiro atoms. The SMILES string of the molecule is COC(=O)[C@H](NCc1ncc(Br)s1)c1ccccc1. The molecule has 0 unspecified atom stereocenters. The maximum Gasteiger partial charge on any atom is 0.327 e. The molecule has 0 saturated carbocycles. The zero-order valence-corrected chi connectivity index (χ0v) is 12.7. The second-order valence-electron chi connectivity index (χ2n) is 3.81. The number of benzene rings is 1. The highest BCUT2D eigenvalue weighted by Crippen LogP contribution is 2.20. The number of rotatable bonds is 5. The lowest BCUT2D eigenvalue weighted by Crippen LogP contribution is -2.29. The van der Waals surface area contributed by atoms with Gasteiger partial charge in [-0.3, -0.25) is 5.32 Å². The van der Waals surface area contributed by atoms with Crippen LogP contribution in [0.2, 0.25) is 0 Å². The molecule has 100 valence electrons. The van der Waals surface area contributed by atoms with Crippen molar-refractivity contribution in [3.63, 3.8) is 0 Å². The summed E-state index contributed by atoms with van der Waals surface area (Å²) in [5.74, 6) is -0.304. The van der Waals surface area contributed by atoms with E-state index < -0.39 is 6.04 Å². The third kappa shape index (κ3) is 3.86. The minimum atomic E-state index is -0.478. The van der Waals surface area contributed by atoms with E-state index in [2.05, 4.69) is 26.2 Å². The molecule has 19 heavy (non-hydrogen) atoms. The van der Waals surface area contributed by atoms with E-state index in [9.17, 15) is 4.79 Å². The summed E-state index contributed by atoms with van der Waals surface area (Å²) in [5.41, 5.74) is 0.880. The van der Waals surface area contributed by atoms with Gasteiger partial charge in [0.05, 0.1) is 17.1 Å². The van der Waals surface area contributed by atoms with Crippen molar-refractivity contribution in [2.24, 2.45) is 0 Å². The minimum Gasteiger partial charge on any atom is -0.468 e. The van der Waals surface area contributed by atoms with E-state index in [1.165, 1.54) is 18.4 Å². The minimum absolute atomic E-state index is 0.304. The highest BCUT2D eigenvalue weighted by atomic mass is 79.9. The number of hydrogen-bond donors (Lipinski definition) is 1. The Balaban J connectivity index is 2.09. The summed E-state index contributed by atoms with van der Waals surface area (Å²) in [6.07, 6.45) is 1.75. The highest BCUT2D eigenvalue weighted by Gasteiger charge is 2.20. The van der Waals surface area contributed by atoms with Crippen LogP contribution in [0.4, 0.5) is 0 Å². The summed E-state index contributed by atoms with van der Waals surface area (Å²) in [4.78, 5) is 16.1. The average molecular weight is 341 g/mol. The highest BCUT2D eigenvalue weighted by molar-refractivity contribution is 9.11. The number of halogens is 1. The molecule has 0 saturated heterocycles. The van der Waals surface area contributed by atoms with Crippen LogP contribution in [0.1, 0.15) is 16.6 Å². The Bertz CT molecular complexity index is 545. The third-order valence-electron chi connectivity index (χ3n) is 2.55. The number of aromatic nitrogens is 1. The second-order valence-corrected chi connectivity index (χ2v) is 6.30. The maximum absolute atomic E-state index is 11.8. The smallest absolute Gasteiger partial charge is 0.327 e. The maximum atomic E-state index is 11.8. The molecule has 2 aromatic rings. The Morgan fingerprint density at radius 3 is 2.79 bits per heavy atom. The summed E-state index contributed by atoms with van der Waals surface area (Å²) >= 11 is 4.90. The van der Waals surface area contributed by atoms with E-state index in [0.29, 0.717) is 6.54 Å². The normalized spacial score (nSPS) is 12.1. The first-order valence-corrected chi connectivity index (χ1v) is 7.28. The number of carbonyl (C=O) groups excluding carboxylic acids is 1. The average Bonchev–Trinajstić information content (AvgIpc) is 2.85. The second kappa shape index (κ2) is 6.79. The van der Waals surface area contributed by atoms with Crippen molar-refractivity contribution in [1.82, 2.24) is 10.3 Å². The fraction of sp³-hybridized carbons (Fsp3) is 0.231. The predicted molar refractivity (Wildman–Crippen MR) is 77.9 cm³/mol. The van der Waals surface area contributed by atoms with Crippen LogP contribution in [-0.2, 0) is 16.1 Å². The first kappa shape index (κ1) is 14.2. The van der Waals surface area contributed by atoms with Crippen LogP contribution in [0, 0.1) is 0 Å².